The fourth-order valence-electron chi connectivity index (χ4n) is 2.24. The van der Waals surface area contributed by atoms with Gasteiger partial charge >= 0.3 is 0 Å². The first-order chi connectivity index (χ1) is 8.14. The Balaban J connectivity index is 2.36. The molecule has 1 atom stereocenters. The number of rotatable bonds is 5. The molecule has 94 valence electrons. The van der Waals surface area contributed by atoms with Gasteiger partial charge in [-0.25, -0.2) is 0 Å². The average molecular weight is 236 g/mol. The SMILES string of the molecule is CNC(c1ccc(OC)cc1OC)C1(N)CC1. The highest BCUT2D eigenvalue weighted by Gasteiger charge is 2.46. The minimum absolute atomic E-state index is 0.128. The molecule has 1 fully saturated rings. The maximum absolute atomic E-state index is 6.28. The van der Waals surface area contributed by atoms with E-state index in [1.165, 1.54) is 0 Å². The van der Waals surface area contributed by atoms with Crippen molar-refractivity contribution in [3.63, 3.8) is 0 Å². The molecule has 4 heteroatoms. The van der Waals surface area contributed by atoms with Crippen molar-refractivity contribution in [3.05, 3.63) is 23.8 Å². The van der Waals surface area contributed by atoms with E-state index in [9.17, 15) is 0 Å². The number of likely N-dealkylation sites (N-methyl/N-ethyl adjacent to an activating group) is 1. The van der Waals surface area contributed by atoms with Gasteiger partial charge in [0.2, 0.25) is 0 Å². The fourth-order valence-corrected chi connectivity index (χ4v) is 2.24. The summed E-state index contributed by atoms with van der Waals surface area (Å²) < 4.78 is 10.6. The Hall–Kier alpha value is -1.26. The van der Waals surface area contributed by atoms with Crippen molar-refractivity contribution in [1.82, 2.24) is 5.32 Å². The average Bonchev–Trinajstić information content (AvgIpc) is 3.09. The molecule has 1 saturated carbocycles. The van der Waals surface area contributed by atoms with E-state index in [0.717, 1.165) is 29.9 Å². The van der Waals surface area contributed by atoms with Gasteiger partial charge in [0.15, 0.2) is 0 Å². The summed E-state index contributed by atoms with van der Waals surface area (Å²) in [5.41, 5.74) is 7.24. The number of nitrogens with one attached hydrogen (secondary N) is 1. The summed E-state index contributed by atoms with van der Waals surface area (Å²) in [4.78, 5) is 0. The zero-order valence-electron chi connectivity index (χ0n) is 10.6. The third-order valence-corrected chi connectivity index (χ3v) is 3.44. The zero-order valence-corrected chi connectivity index (χ0v) is 10.6. The van der Waals surface area contributed by atoms with Crippen molar-refractivity contribution in [2.75, 3.05) is 21.3 Å². The molecule has 2 rings (SSSR count). The third-order valence-electron chi connectivity index (χ3n) is 3.44. The van der Waals surface area contributed by atoms with Gasteiger partial charge in [0, 0.05) is 17.2 Å². The normalized spacial score (nSPS) is 18.6. The summed E-state index contributed by atoms with van der Waals surface area (Å²) >= 11 is 0. The summed E-state index contributed by atoms with van der Waals surface area (Å²) in [5, 5.41) is 3.29. The van der Waals surface area contributed by atoms with Crippen LogP contribution in [0.4, 0.5) is 0 Å². The summed E-state index contributed by atoms with van der Waals surface area (Å²) in [6.07, 6.45) is 2.10. The predicted octanol–water partition coefficient (Wildman–Crippen LogP) is 1.46. The summed E-state index contributed by atoms with van der Waals surface area (Å²) in [7, 11) is 5.25. The molecular weight excluding hydrogens is 216 g/mol. The number of methoxy groups -OCH3 is 2. The van der Waals surface area contributed by atoms with Crippen molar-refractivity contribution >= 4 is 0 Å². The molecule has 1 unspecified atom stereocenters. The Morgan fingerprint density at radius 1 is 1.29 bits per heavy atom. The lowest BCUT2D eigenvalue weighted by Crippen LogP contribution is -2.38. The van der Waals surface area contributed by atoms with Crippen LogP contribution in [0.5, 0.6) is 11.5 Å². The summed E-state index contributed by atoms with van der Waals surface area (Å²) in [5.74, 6) is 1.61. The molecule has 0 aliphatic heterocycles. The molecular formula is C13H20N2O2. The van der Waals surface area contributed by atoms with E-state index in [1.807, 2.05) is 25.2 Å². The second-order valence-corrected chi connectivity index (χ2v) is 4.56. The Bertz CT molecular complexity index is 402. The lowest BCUT2D eigenvalue weighted by atomic mass is 9.97. The van der Waals surface area contributed by atoms with Crippen molar-refractivity contribution in [2.24, 2.45) is 5.73 Å². The van der Waals surface area contributed by atoms with E-state index in [1.54, 1.807) is 14.2 Å². The molecule has 1 aliphatic rings. The number of hydrogen-bond acceptors (Lipinski definition) is 4. The number of hydrogen-bond donors (Lipinski definition) is 2. The lowest BCUT2D eigenvalue weighted by molar-refractivity contribution is 0.375. The van der Waals surface area contributed by atoms with Crippen LogP contribution in [-0.2, 0) is 0 Å². The second kappa shape index (κ2) is 4.55. The summed E-state index contributed by atoms with van der Waals surface area (Å²) in [6.45, 7) is 0. The highest BCUT2D eigenvalue weighted by Crippen LogP contribution is 2.46. The van der Waals surface area contributed by atoms with Gasteiger partial charge < -0.3 is 20.5 Å². The molecule has 1 aromatic rings. The van der Waals surface area contributed by atoms with E-state index in [4.69, 9.17) is 15.2 Å². The van der Waals surface area contributed by atoms with Crippen molar-refractivity contribution in [3.8, 4) is 11.5 Å². The van der Waals surface area contributed by atoms with Gasteiger partial charge in [0.1, 0.15) is 11.5 Å². The first kappa shape index (κ1) is 12.2. The van der Waals surface area contributed by atoms with Gasteiger partial charge in [-0.05, 0) is 32.0 Å². The van der Waals surface area contributed by atoms with Gasteiger partial charge in [0.05, 0.1) is 20.3 Å². The standard InChI is InChI=1S/C13H20N2O2/c1-15-12(13(14)6-7-13)10-5-4-9(16-2)8-11(10)17-3/h4-5,8,12,15H,6-7,14H2,1-3H3. The van der Waals surface area contributed by atoms with E-state index < -0.39 is 0 Å². The molecule has 0 bridgehead atoms. The molecule has 1 aliphatic carbocycles. The highest BCUT2D eigenvalue weighted by molar-refractivity contribution is 5.44. The monoisotopic (exact) mass is 236 g/mol. The topological polar surface area (TPSA) is 56.5 Å². The number of nitrogens with two attached hydrogens (primary N) is 1. The van der Waals surface area contributed by atoms with Crippen LogP contribution in [0.2, 0.25) is 0 Å². The first-order valence-electron chi connectivity index (χ1n) is 5.82. The number of benzene rings is 1. The van der Waals surface area contributed by atoms with E-state index in [0.29, 0.717) is 0 Å². The van der Waals surface area contributed by atoms with Crippen LogP contribution in [0.1, 0.15) is 24.4 Å². The summed E-state index contributed by atoms with van der Waals surface area (Å²) in [6, 6.07) is 5.98. The highest BCUT2D eigenvalue weighted by atomic mass is 16.5. The van der Waals surface area contributed by atoms with Crippen LogP contribution in [0.3, 0.4) is 0 Å². The minimum atomic E-state index is -0.128. The molecule has 0 saturated heterocycles. The smallest absolute Gasteiger partial charge is 0.127 e. The van der Waals surface area contributed by atoms with Crippen LogP contribution in [0.25, 0.3) is 0 Å². The van der Waals surface area contributed by atoms with E-state index in [2.05, 4.69) is 5.32 Å². The van der Waals surface area contributed by atoms with Crippen LogP contribution >= 0.6 is 0 Å². The van der Waals surface area contributed by atoms with Crippen LogP contribution in [0.15, 0.2) is 18.2 Å². The maximum Gasteiger partial charge on any atom is 0.127 e. The van der Waals surface area contributed by atoms with Crippen molar-refractivity contribution in [2.45, 2.75) is 24.4 Å². The second-order valence-electron chi connectivity index (χ2n) is 4.56. The Labute approximate surface area is 102 Å². The fraction of sp³-hybridized carbons (Fsp3) is 0.538. The number of ether oxygens (including phenoxy) is 2. The van der Waals surface area contributed by atoms with Crippen molar-refractivity contribution < 1.29 is 9.47 Å². The maximum atomic E-state index is 6.28. The molecule has 4 nitrogen and oxygen atoms in total. The largest absolute Gasteiger partial charge is 0.497 e. The predicted molar refractivity (Wildman–Crippen MR) is 67.5 cm³/mol. The van der Waals surface area contributed by atoms with Gasteiger partial charge in [0.25, 0.3) is 0 Å². The quantitative estimate of drug-likeness (QED) is 0.812. The Kier molecular flexibility index (Phi) is 3.26. The third kappa shape index (κ3) is 2.23. The van der Waals surface area contributed by atoms with Gasteiger partial charge in [-0.1, -0.05) is 0 Å². The lowest BCUT2D eigenvalue weighted by Gasteiger charge is -2.25. The van der Waals surface area contributed by atoms with Crippen LogP contribution in [0, 0.1) is 0 Å². The molecule has 0 heterocycles. The van der Waals surface area contributed by atoms with Crippen LogP contribution in [-0.4, -0.2) is 26.8 Å². The molecule has 1 aromatic carbocycles. The molecule has 0 radical (unpaired) electrons. The zero-order chi connectivity index (χ0) is 12.5. The van der Waals surface area contributed by atoms with Gasteiger partial charge in [-0.3, -0.25) is 0 Å². The Morgan fingerprint density at radius 2 is 2.00 bits per heavy atom. The molecule has 17 heavy (non-hydrogen) atoms. The van der Waals surface area contributed by atoms with E-state index in [-0.39, 0.29) is 11.6 Å². The minimum Gasteiger partial charge on any atom is -0.497 e. The van der Waals surface area contributed by atoms with Gasteiger partial charge in [-0.2, -0.15) is 0 Å². The molecule has 3 N–H and O–H groups in total. The van der Waals surface area contributed by atoms with Crippen LogP contribution < -0.4 is 20.5 Å². The molecule has 0 spiro atoms. The molecule has 0 amide bonds. The van der Waals surface area contributed by atoms with Gasteiger partial charge in [-0.15, -0.1) is 0 Å². The van der Waals surface area contributed by atoms with Crippen molar-refractivity contribution in [1.29, 1.82) is 0 Å². The van der Waals surface area contributed by atoms with E-state index >= 15 is 0 Å². The Morgan fingerprint density at radius 3 is 2.47 bits per heavy atom. The molecule has 0 aromatic heterocycles. The first-order valence-corrected chi connectivity index (χ1v) is 5.82.